The summed E-state index contributed by atoms with van der Waals surface area (Å²) in [6, 6.07) is 10.7. The van der Waals surface area contributed by atoms with Gasteiger partial charge in [0.1, 0.15) is 11.4 Å². The molecule has 0 radical (unpaired) electrons. The number of carboxylic acid groups (broad SMARTS) is 1. The second-order valence-corrected chi connectivity index (χ2v) is 8.07. The van der Waals surface area contributed by atoms with Crippen LogP contribution in [0, 0.1) is 33.1 Å². The second kappa shape index (κ2) is 10.1. The molecule has 0 saturated carbocycles. The molecule has 35 heavy (non-hydrogen) atoms. The summed E-state index contributed by atoms with van der Waals surface area (Å²) in [7, 11) is 1.79. The van der Waals surface area contributed by atoms with E-state index in [1.165, 1.54) is 12.2 Å². The molecule has 0 unspecified atom stereocenters. The number of phenols is 1. The van der Waals surface area contributed by atoms with Crippen LogP contribution in [0.1, 0.15) is 29.3 Å². The van der Waals surface area contributed by atoms with E-state index in [1.54, 1.807) is 41.5 Å². The molecule has 0 aliphatic rings. The molecule has 0 atom stereocenters. The van der Waals surface area contributed by atoms with Crippen molar-refractivity contribution < 1.29 is 15.0 Å². The fraction of sp³-hybridized carbons (Fsp3) is 0.185. The molecule has 0 aliphatic carbocycles. The molecule has 0 saturated heterocycles. The Kier molecular flexibility index (Phi) is 7.21. The van der Waals surface area contributed by atoms with E-state index in [-0.39, 0.29) is 33.7 Å². The van der Waals surface area contributed by atoms with Crippen LogP contribution in [0.2, 0.25) is 0 Å². The first-order valence-corrected chi connectivity index (χ1v) is 10.9. The Morgan fingerprint density at radius 3 is 2.43 bits per heavy atom. The lowest BCUT2D eigenvalue weighted by Gasteiger charge is -2.13. The number of phenolic OH excluding ortho intramolecular Hbond substituents is 1. The Hall–Kier alpha value is -4.64. The Morgan fingerprint density at radius 1 is 1.11 bits per heavy atom. The number of hydrazine groups is 1. The molecule has 2 aromatic carbocycles. The van der Waals surface area contributed by atoms with Crippen molar-refractivity contribution in [2.45, 2.75) is 27.7 Å². The van der Waals surface area contributed by atoms with Gasteiger partial charge >= 0.3 is 5.97 Å². The number of aromatic hydroxyl groups is 1. The predicted molar refractivity (Wildman–Crippen MR) is 139 cm³/mol. The minimum Gasteiger partial charge on any atom is -0.505 e. The Labute approximate surface area is 203 Å². The molecular formula is C27H28N4O4. The van der Waals surface area contributed by atoms with Crippen molar-refractivity contribution in [3.8, 4) is 23.8 Å². The van der Waals surface area contributed by atoms with E-state index in [2.05, 4.69) is 16.8 Å². The van der Waals surface area contributed by atoms with Crippen molar-refractivity contribution in [3.05, 3.63) is 86.9 Å². The zero-order valence-electron chi connectivity index (χ0n) is 20.3. The number of hydrogen-bond donors (Lipinski definition) is 4. The number of rotatable bonds is 7. The number of carbonyl (C=O) groups is 1. The van der Waals surface area contributed by atoms with Gasteiger partial charge in [-0.15, -0.1) is 6.42 Å². The maximum Gasteiger partial charge on any atom is 0.335 e. The summed E-state index contributed by atoms with van der Waals surface area (Å²) in [5.74, 6) is 1.11. The lowest BCUT2D eigenvalue weighted by atomic mass is 10.0. The summed E-state index contributed by atoms with van der Waals surface area (Å²) in [4.78, 5) is 24.6. The van der Waals surface area contributed by atoms with Crippen LogP contribution >= 0.6 is 0 Å². The summed E-state index contributed by atoms with van der Waals surface area (Å²) in [6.45, 7) is 7.40. The topological polar surface area (TPSA) is 109 Å². The molecule has 0 bridgehead atoms. The van der Waals surface area contributed by atoms with Crippen LogP contribution in [-0.2, 0) is 11.8 Å². The molecule has 8 nitrogen and oxygen atoms in total. The maximum absolute atomic E-state index is 13.2. The number of anilines is 2. The van der Waals surface area contributed by atoms with E-state index in [1.807, 2.05) is 39.0 Å². The van der Waals surface area contributed by atoms with Crippen LogP contribution in [0.4, 0.5) is 11.4 Å². The van der Waals surface area contributed by atoms with Crippen molar-refractivity contribution in [1.82, 2.24) is 9.36 Å². The van der Waals surface area contributed by atoms with Crippen molar-refractivity contribution in [3.63, 3.8) is 0 Å². The van der Waals surface area contributed by atoms with Crippen molar-refractivity contribution in [2.75, 3.05) is 10.9 Å². The molecule has 8 heteroatoms. The lowest BCUT2D eigenvalue weighted by molar-refractivity contribution is -0.132. The van der Waals surface area contributed by atoms with E-state index < -0.39 is 5.97 Å². The Bertz CT molecular complexity index is 1470. The molecule has 4 N–H and O–H groups in total. The molecule has 0 aliphatic heterocycles. The van der Waals surface area contributed by atoms with E-state index >= 15 is 0 Å². The van der Waals surface area contributed by atoms with Crippen LogP contribution in [0.15, 0.2) is 58.9 Å². The normalized spacial score (nSPS) is 11.8. The zero-order chi connectivity index (χ0) is 25.9. The van der Waals surface area contributed by atoms with Gasteiger partial charge in [-0.1, -0.05) is 24.1 Å². The number of hydrogen-bond acceptors (Lipinski definition) is 5. The van der Waals surface area contributed by atoms with Gasteiger partial charge in [0, 0.05) is 18.2 Å². The van der Waals surface area contributed by atoms with Crippen LogP contribution in [0.5, 0.6) is 5.75 Å². The molecule has 1 heterocycles. The summed E-state index contributed by atoms with van der Waals surface area (Å²) >= 11 is 0. The number of para-hydroxylation sites is 1. The number of benzene rings is 2. The summed E-state index contributed by atoms with van der Waals surface area (Å²) in [5.41, 5.74) is 10.2. The minimum absolute atomic E-state index is 0.000593. The fourth-order valence-electron chi connectivity index (χ4n) is 3.61. The first-order valence-electron chi connectivity index (χ1n) is 10.9. The van der Waals surface area contributed by atoms with Gasteiger partial charge in [-0.2, -0.15) is 0 Å². The third-order valence-corrected chi connectivity index (χ3v) is 5.95. The Balaban J connectivity index is 1.96. The van der Waals surface area contributed by atoms with Gasteiger partial charge in [-0.05, 0) is 69.2 Å². The average molecular weight is 473 g/mol. The maximum atomic E-state index is 13.2. The van der Waals surface area contributed by atoms with E-state index in [4.69, 9.17) is 6.42 Å². The highest BCUT2D eigenvalue weighted by molar-refractivity contribution is 5.96. The molecule has 0 spiro atoms. The van der Waals surface area contributed by atoms with Gasteiger partial charge in [0.15, 0.2) is 0 Å². The predicted octanol–water partition coefficient (Wildman–Crippen LogP) is 4.29. The van der Waals surface area contributed by atoms with Crippen molar-refractivity contribution >= 4 is 22.9 Å². The third-order valence-electron chi connectivity index (χ3n) is 5.95. The van der Waals surface area contributed by atoms with Crippen LogP contribution in [-0.4, -0.2) is 25.5 Å². The largest absolute Gasteiger partial charge is 0.505 e. The van der Waals surface area contributed by atoms with Crippen LogP contribution < -0.4 is 16.4 Å². The summed E-state index contributed by atoms with van der Waals surface area (Å²) in [5, 5.41) is 20.1. The van der Waals surface area contributed by atoms with Gasteiger partial charge in [-0.25, -0.2) is 9.48 Å². The number of carboxylic acids is 1. The first-order chi connectivity index (χ1) is 16.6. The monoisotopic (exact) mass is 472 g/mol. The number of nitrogens with zero attached hydrogens (tertiary/aromatic N) is 2. The highest BCUT2D eigenvalue weighted by Crippen LogP contribution is 2.33. The zero-order valence-corrected chi connectivity index (χ0v) is 20.3. The van der Waals surface area contributed by atoms with Gasteiger partial charge in [0.05, 0.1) is 22.6 Å². The molecule has 3 aromatic rings. The van der Waals surface area contributed by atoms with Gasteiger partial charge in [-0.3, -0.25) is 20.3 Å². The van der Waals surface area contributed by atoms with Gasteiger partial charge < -0.3 is 10.2 Å². The molecule has 3 rings (SSSR count). The Morgan fingerprint density at radius 2 is 1.83 bits per heavy atom. The number of terminal acetylenes is 1. The van der Waals surface area contributed by atoms with Gasteiger partial charge in [0.25, 0.3) is 5.56 Å². The van der Waals surface area contributed by atoms with Crippen molar-refractivity contribution in [1.29, 1.82) is 0 Å². The quantitative estimate of drug-likeness (QED) is 0.134. The molecule has 180 valence electrons. The lowest BCUT2D eigenvalue weighted by Crippen LogP contribution is -2.22. The molecule has 0 fully saturated rings. The van der Waals surface area contributed by atoms with E-state index in [0.717, 1.165) is 16.8 Å². The fourth-order valence-corrected chi connectivity index (χ4v) is 3.61. The third kappa shape index (κ3) is 4.84. The van der Waals surface area contributed by atoms with E-state index in [9.17, 15) is 19.8 Å². The summed E-state index contributed by atoms with van der Waals surface area (Å²) in [6.07, 6.45) is 8.33. The van der Waals surface area contributed by atoms with Gasteiger partial charge in [0.2, 0.25) is 0 Å². The molecule has 1 aromatic heterocycles. The van der Waals surface area contributed by atoms with Crippen molar-refractivity contribution in [2.24, 2.45) is 7.05 Å². The summed E-state index contributed by atoms with van der Waals surface area (Å²) < 4.78 is 3.31. The van der Waals surface area contributed by atoms with E-state index in [0.29, 0.717) is 11.4 Å². The number of nitrogens with one attached hydrogen (secondary N) is 2. The SMILES string of the molecule is C#C/C(=C\C(=CC)C(=O)O)c1cccc(NNc2c(C)n(C)n(-c3ccc(C)c(C)c3)c2=O)c1O. The standard InChI is InChI=1S/C27H28N4O4/c1-7-19(15-20(8-2)27(34)35)22-10-9-11-23(25(22)32)28-29-24-18(5)30(6)31(26(24)33)21-13-12-16(3)17(4)14-21/h1,8-15,28-29,32H,2-6H3,(H,34,35)/b19-15+,20-8?. The molecular weight excluding hydrogens is 444 g/mol. The van der Waals surface area contributed by atoms with Crippen LogP contribution in [0.3, 0.4) is 0 Å². The first kappa shape index (κ1) is 25.0. The smallest absolute Gasteiger partial charge is 0.335 e. The number of aromatic nitrogens is 2. The minimum atomic E-state index is -1.13. The highest BCUT2D eigenvalue weighted by atomic mass is 16.4. The molecule has 0 amide bonds. The average Bonchev–Trinajstić information content (AvgIpc) is 3.04. The van der Waals surface area contributed by atoms with Crippen LogP contribution in [0.25, 0.3) is 11.3 Å². The number of allylic oxidation sites excluding steroid dienone is 2. The second-order valence-electron chi connectivity index (χ2n) is 8.07. The highest BCUT2D eigenvalue weighted by Gasteiger charge is 2.18. The number of aryl methyl sites for hydroxylation is 2. The number of aliphatic carboxylic acids is 1.